The molecule has 98 valence electrons. The third kappa shape index (κ3) is 2.46. The van der Waals surface area contributed by atoms with Gasteiger partial charge in [0.2, 0.25) is 0 Å². The number of imidazole rings is 1. The first-order chi connectivity index (χ1) is 9.76. The Morgan fingerprint density at radius 1 is 1.35 bits per heavy atom. The average molecular weight is 283 g/mol. The molecular weight excluding hydrogens is 273 g/mol. The summed E-state index contributed by atoms with van der Waals surface area (Å²) in [4.78, 5) is 5.40. The second-order valence-corrected chi connectivity index (χ2v) is 5.26. The summed E-state index contributed by atoms with van der Waals surface area (Å²) >= 11 is 1.61. The maximum Gasteiger partial charge on any atom is 0.150 e. The molecule has 0 N–H and O–H groups in total. The van der Waals surface area contributed by atoms with E-state index in [1.807, 2.05) is 34.3 Å². The maximum atomic E-state index is 13.4. The lowest BCUT2D eigenvalue weighted by atomic mass is 10.1. The molecule has 0 aliphatic carbocycles. The van der Waals surface area contributed by atoms with Gasteiger partial charge in [-0.15, -0.1) is 11.3 Å². The van der Waals surface area contributed by atoms with Gasteiger partial charge in [0.25, 0.3) is 0 Å². The zero-order chi connectivity index (χ0) is 13.9. The van der Waals surface area contributed by atoms with Crippen LogP contribution in [0.3, 0.4) is 0 Å². The quantitative estimate of drug-likeness (QED) is 0.736. The number of halogens is 1. The number of aromatic nitrogens is 2. The third-order valence-electron chi connectivity index (χ3n) is 2.90. The van der Waals surface area contributed by atoms with Crippen LogP contribution in [0.15, 0.2) is 48.1 Å². The van der Waals surface area contributed by atoms with E-state index in [-0.39, 0.29) is 0 Å². The lowest BCUT2D eigenvalue weighted by molar-refractivity contribution is 0.623. The lowest BCUT2D eigenvalue weighted by Crippen LogP contribution is -2.01. The highest BCUT2D eigenvalue weighted by atomic mass is 32.1. The van der Waals surface area contributed by atoms with Gasteiger partial charge in [-0.25, -0.2) is 9.37 Å². The smallest absolute Gasteiger partial charge is 0.150 e. The first-order valence-electron chi connectivity index (χ1n) is 6.01. The molecule has 0 bridgehead atoms. The van der Waals surface area contributed by atoms with Crippen LogP contribution in [0, 0.1) is 17.1 Å². The largest absolute Gasteiger partial charge is 0.326 e. The van der Waals surface area contributed by atoms with Crippen molar-refractivity contribution in [3.05, 3.63) is 65.0 Å². The number of nitrogens with zero attached hydrogens (tertiary/aromatic N) is 3. The topological polar surface area (TPSA) is 41.6 Å². The molecule has 0 fully saturated rings. The summed E-state index contributed by atoms with van der Waals surface area (Å²) in [6.45, 7) is 0.486. The molecule has 3 aromatic rings. The van der Waals surface area contributed by atoms with E-state index in [1.165, 1.54) is 12.1 Å². The predicted molar refractivity (Wildman–Crippen MR) is 75.8 cm³/mol. The van der Waals surface area contributed by atoms with E-state index in [2.05, 4.69) is 4.98 Å². The van der Waals surface area contributed by atoms with Crippen LogP contribution in [0.2, 0.25) is 0 Å². The Labute approximate surface area is 119 Å². The molecule has 3 rings (SSSR count). The van der Waals surface area contributed by atoms with Crippen LogP contribution in [0.1, 0.15) is 11.1 Å². The van der Waals surface area contributed by atoms with E-state index in [0.29, 0.717) is 12.1 Å². The molecule has 5 heteroatoms. The lowest BCUT2D eigenvalue weighted by Gasteiger charge is -2.07. The first kappa shape index (κ1) is 12.6. The highest BCUT2D eigenvalue weighted by Crippen LogP contribution is 2.23. The molecule has 0 saturated heterocycles. The Hall–Kier alpha value is -2.45. The van der Waals surface area contributed by atoms with Gasteiger partial charge in [0.15, 0.2) is 0 Å². The molecule has 1 aromatic carbocycles. The predicted octanol–water partition coefficient (Wildman–Crippen LogP) is 3.67. The van der Waals surface area contributed by atoms with Crippen LogP contribution in [0.4, 0.5) is 4.39 Å². The molecule has 20 heavy (non-hydrogen) atoms. The zero-order valence-corrected chi connectivity index (χ0v) is 11.3. The van der Waals surface area contributed by atoms with E-state index in [9.17, 15) is 4.39 Å². The Morgan fingerprint density at radius 2 is 2.25 bits per heavy atom. The van der Waals surface area contributed by atoms with E-state index in [1.54, 1.807) is 23.6 Å². The van der Waals surface area contributed by atoms with Crippen LogP contribution in [0.5, 0.6) is 0 Å². The molecule has 0 radical (unpaired) electrons. The number of thiophene rings is 1. The third-order valence-corrected chi connectivity index (χ3v) is 3.76. The van der Waals surface area contributed by atoms with Gasteiger partial charge in [0.1, 0.15) is 11.6 Å². The molecule has 0 aliphatic rings. The number of benzene rings is 1. The summed E-state index contributed by atoms with van der Waals surface area (Å²) in [5, 5.41) is 10.9. The Bertz CT molecular complexity index is 769. The molecule has 0 spiro atoms. The van der Waals surface area contributed by atoms with Crippen LogP contribution in [-0.2, 0) is 6.54 Å². The fraction of sp³-hybridized carbons (Fsp3) is 0.0667. The van der Waals surface area contributed by atoms with E-state index >= 15 is 0 Å². The van der Waals surface area contributed by atoms with Crippen molar-refractivity contribution in [1.82, 2.24) is 9.55 Å². The second-order valence-electron chi connectivity index (χ2n) is 4.32. The molecular formula is C15H10FN3S. The second kappa shape index (κ2) is 5.27. The fourth-order valence-electron chi connectivity index (χ4n) is 2.07. The standard InChI is InChI=1S/C15H10FN3S/c16-13-7-11(9-17)6-12(8-13)10-19-4-3-18-15(19)14-2-1-5-20-14/h1-8H,10H2. The zero-order valence-electron chi connectivity index (χ0n) is 10.5. The van der Waals surface area contributed by atoms with Crippen molar-refractivity contribution in [2.45, 2.75) is 6.54 Å². The Kier molecular flexibility index (Phi) is 3.32. The normalized spacial score (nSPS) is 10.4. The highest BCUT2D eigenvalue weighted by molar-refractivity contribution is 7.13. The van der Waals surface area contributed by atoms with E-state index in [0.717, 1.165) is 16.3 Å². The summed E-state index contributed by atoms with van der Waals surface area (Å²) in [5.74, 6) is 0.458. The van der Waals surface area contributed by atoms with Gasteiger partial charge in [0.05, 0.1) is 16.5 Å². The minimum atomic E-state index is -0.392. The molecule has 0 amide bonds. The van der Waals surface area contributed by atoms with Crippen molar-refractivity contribution >= 4 is 11.3 Å². The number of hydrogen-bond donors (Lipinski definition) is 0. The minimum Gasteiger partial charge on any atom is -0.326 e. The van der Waals surface area contributed by atoms with Crippen molar-refractivity contribution in [2.75, 3.05) is 0 Å². The summed E-state index contributed by atoms with van der Waals surface area (Å²) in [6, 6.07) is 10.3. The molecule has 2 aromatic heterocycles. The molecule has 0 aliphatic heterocycles. The van der Waals surface area contributed by atoms with E-state index in [4.69, 9.17) is 5.26 Å². The molecule has 0 unspecified atom stereocenters. The van der Waals surface area contributed by atoms with Crippen molar-refractivity contribution in [2.24, 2.45) is 0 Å². The Morgan fingerprint density at radius 3 is 3.00 bits per heavy atom. The van der Waals surface area contributed by atoms with Crippen LogP contribution in [-0.4, -0.2) is 9.55 Å². The van der Waals surface area contributed by atoms with E-state index < -0.39 is 5.82 Å². The summed E-state index contributed by atoms with van der Waals surface area (Å²) < 4.78 is 15.4. The van der Waals surface area contributed by atoms with Gasteiger partial charge in [0, 0.05) is 18.9 Å². The van der Waals surface area contributed by atoms with Gasteiger partial charge >= 0.3 is 0 Å². The van der Waals surface area contributed by atoms with Crippen molar-refractivity contribution in [1.29, 1.82) is 5.26 Å². The SMILES string of the molecule is N#Cc1cc(F)cc(Cn2ccnc2-c2cccs2)c1. The monoisotopic (exact) mass is 283 g/mol. The highest BCUT2D eigenvalue weighted by Gasteiger charge is 2.08. The summed E-state index contributed by atoms with van der Waals surface area (Å²) in [5.41, 5.74) is 1.08. The first-order valence-corrected chi connectivity index (χ1v) is 6.89. The molecule has 2 heterocycles. The van der Waals surface area contributed by atoms with Crippen LogP contribution < -0.4 is 0 Å². The fourth-order valence-corrected chi connectivity index (χ4v) is 2.81. The van der Waals surface area contributed by atoms with Gasteiger partial charge in [-0.1, -0.05) is 6.07 Å². The summed E-state index contributed by atoms with van der Waals surface area (Å²) in [7, 11) is 0. The van der Waals surface area contributed by atoms with Gasteiger partial charge in [-0.2, -0.15) is 5.26 Å². The van der Waals surface area contributed by atoms with Crippen LogP contribution >= 0.6 is 11.3 Å². The Balaban J connectivity index is 1.95. The summed E-state index contributed by atoms with van der Waals surface area (Å²) in [6.07, 6.45) is 3.57. The molecule has 0 saturated carbocycles. The average Bonchev–Trinajstić information content (AvgIpc) is 3.08. The van der Waals surface area contributed by atoms with Gasteiger partial charge in [-0.05, 0) is 35.2 Å². The van der Waals surface area contributed by atoms with Gasteiger partial charge < -0.3 is 4.57 Å². The molecule has 3 nitrogen and oxygen atoms in total. The van der Waals surface area contributed by atoms with Crippen LogP contribution in [0.25, 0.3) is 10.7 Å². The number of hydrogen-bond acceptors (Lipinski definition) is 3. The van der Waals surface area contributed by atoms with Gasteiger partial charge in [-0.3, -0.25) is 0 Å². The van der Waals surface area contributed by atoms with Crippen molar-refractivity contribution < 1.29 is 4.39 Å². The number of rotatable bonds is 3. The minimum absolute atomic E-state index is 0.331. The molecule has 0 atom stereocenters. The maximum absolute atomic E-state index is 13.4. The van der Waals surface area contributed by atoms with Crippen molar-refractivity contribution in [3.63, 3.8) is 0 Å². The number of nitriles is 1. The van der Waals surface area contributed by atoms with Crippen molar-refractivity contribution in [3.8, 4) is 16.8 Å².